The fourth-order valence-corrected chi connectivity index (χ4v) is 5.85. The van der Waals surface area contributed by atoms with Crippen LogP contribution in [-0.2, 0) is 4.74 Å². The van der Waals surface area contributed by atoms with Crippen molar-refractivity contribution in [1.29, 1.82) is 0 Å². The van der Waals surface area contributed by atoms with Gasteiger partial charge >= 0.3 is 11.0 Å². The number of hydrogen-bond acceptors (Lipinski definition) is 8. The van der Waals surface area contributed by atoms with Crippen molar-refractivity contribution in [3.05, 3.63) is 63.3 Å². The third-order valence-corrected chi connectivity index (χ3v) is 7.93. The number of aromatic amines is 1. The lowest BCUT2D eigenvalue weighted by Gasteiger charge is -2.29. The number of rotatable bonds is 13. The highest BCUT2D eigenvalue weighted by Crippen LogP contribution is 2.31. The summed E-state index contributed by atoms with van der Waals surface area (Å²) in [6.45, 7) is 10.1. The van der Waals surface area contributed by atoms with E-state index in [4.69, 9.17) is 4.74 Å². The molecule has 0 saturated carbocycles. The van der Waals surface area contributed by atoms with Crippen LogP contribution in [0.2, 0.25) is 0 Å². The van der Waals surface area contributed by atoms with E-state index in [2.05, 4.69) is 29.4 Å². The fourth-order valence-electron chi connectivity index (χ4n) is 4.03. The summed E-state index contributed by atoms with van der Waals surface area (Å²) in [5, 5.41) is 23.8. The summed E-state index contributed by atoms with van der Waals surface area (Å²) in [6, 6.07) is 13.3. The number of fused-ring (bicyclic) bond motifs is 1. The van der Waals surface area contributed by atoms with E-state index in [9.17, 15) is 19.8 Å². The van der Waals surface area contributed by atoms with Crippen molar-refractivity contribution in [2.24, 2.45) is 0 Å². The maximum atomic E-state index is 12.8. The van der Waals surface area contributed by atoms with Gasteiger partial charge in [0.2, 0.25) is 0 Å². The van der Waals surface area contributed by atoms with Gasteiger partial charge in [0.25, 0.3) is 0 Å². The molecule has 0 aliphatic carbocycles. The van der Waals surface area contributed by atoms with Gasteiger partial charge in [0, 0.05) is 31.0 Å². The van der Waals surface area contributed by atoms with Crippen LogP contribution in [0, 0.1) is 0 Å². The number of aliphatic hydroxyl groups is 1. The van der Waals surface area contributed by atoms with Crippen LogP contribution in [0.3, 0.4) is 0 Å². The smallest absolute Gasteiger partial charge is 0.410 e. The molecule has 2 atom stereocenters. The first kappa shape index (κ1) is 30.0. The second-order valence-electron chi connectivity index (χ2n) is 10.3. The number of carbonyl (C=O) groups excluding carboxylic acids is 1. The lowest BCUT2D eigenvalue weighted by atomic mass is 10.0. The van der Waals surface area contributed by atoms with Crippen LogP contribution in [0.4, 0.5) is 4.79 Å². The molecule has 0 fully saturated rings. The van der Waals surface area contributed by atoms with Crippen molar-refractivity contribution in [3.63, 3.8) is 0 Å². The molecule has 1 amide bonds. The molecule has 1 aromatic heterocycles. The van der Waals surface area contributed by atoms with Crippen LogP contribution in [0.1, 0.15) is 57.3 Å². The molecule has 2 aromatic carbocycles. The molecule has 38 heavy (non-hydrogen) atoms. The topological polar surface area (TPSA) is 115 Å². The zero-order valence-corrected chi connectivity index (χ0v) is 24.2. The molecule has 0 radical (unpaired) electrons. The largest absolute Gasteiger partial charge is 0.506 e. The number of benzene rings is 2. The van der Waals surface area contributed by atoms with Gasteiger partial charge in [-0.2, -0.15) is 11.8 Å². The zero-order chi connectivity index (χ0) is 27.7. The van der Waals surface area contributed by atoms with Crippen LogP contribution in [0.15, 0.2) is 47.3 Å². The third kappa shape index (κ3) is 9.04. The van der Waals surface area contributed by atoms with Crippen LogP contribution < -0.4 is 10.2 Å². The lowest BCUT2D eigenvalue weighted by Crippen LogP contribution is -2.40. The van der Waals surface area contributed by atoms with Gasteiger partial charge in [-0.05, 0) is 57.0 Å². The Morgan fingerprint density at radius 1 is 1.18 bits per heavy atom. The summed E-state index contributed by atoms with van der Waals surface area (Å²) in [6.07, 6.45) is -0.161. The number of amides is 1. The average Bonchev–Trinajstić information content (AvgIpc) is 3.26. The Bertz CT molecular complexity index is 1220. The third-order valence-electron chi connectivity index (χ3n) is 5.95. The maximum Gasteiger partial charge on any atom is 0.410 e. The minimum Gasteiger partial charge on any atom is -0.506 e. The molecule has 208 valence electrons. The second kappa shape index (κ2) is 14.0. The van der Waals surface area contributed by atoms with Crippen molar-refractivity contribution in [2.75, 3.05) is 37.7 Å². The van der Waals surface area contributed by atoms with Crippen molar-refractivity contribution in [2.45, 2.75) is 51.7 Å². The number of nitrogens with one attached hydrogen (secondary N) is 2. The number of nitrogens with zero attached hydrogens (tertiary/aromatic N) is 1. The minimum atomic E-state index is -0.786. The molecule has 0 saturated heterocycles. The van der Waals surface area contributed by atoms with Crippen molar-refractivity contribution < 1.29 is 19.7 Å². The number of aliphatic hydroxyl groups excluding tert-OH is 1. The van der Waals surface area contributed by atoms with Gasteiger partial charge in [-0.3, -0.25) is 4.79 Å². The van der Waals surface area contributed by atoms with Gasteiger partial charge in [-0.1, -0.05) is 54.7 Å². The molecule has 0 unspecified atom stereocenters. The van der Waals surface area contributed by atoms with E-state index in [1.54, 1.807) is 22.7 Å². The number of carbonyl (C=O) groups is 1. The van der Waals surface area contributed by atoms with Crippen molar-refractivity contribution in [1.82, 2.24) is 15.2 Å². The molecule has 3 aromatic rings. The Balaban J connectivity index is 1.40. The van der Waals surface area contributed by atoms with Gasteiger partial charge < -0.3 is 30.2 Å². The number of aromatic nitrogens is 1. The normalized spacial score (nSPS) is 13.4. The van der Waals surface area contributed by atoms with Gasteiger partial charge in [-0.25, -0.2) is 4.79 Å². The van der Waals surface area contributed by atoms with E-state index in [0.29, 0.717) is 35.4 Å². The molecule has 0 aliphatic rings. The monoisotopic (exact) mass is 561 g/mol. The summed E-state index contributed by atoms with van der Waals surface area (Å²) in [7, 11) is 0. The highest BCUT2D eigenvalue weighted by atomic mass is 32.2. The number of H-pyrrole nitrogens is 1. The summed E-state index contributed by atoms with van der Waals surface area (Å²) in [4.78, 5) is 28.7. The first-order valence-electron chi connectivity index (χ1n) is 12.9. The number of aromatic hydroxyl groups is 1. The van der Waals surface area contributed by atoms with E-state index in [1.165, 1.54) is 11.6 Å². The number of phenols is 1. The molecule has 1 heterocycles. The summed E-state index contributed by atoms with van der Waals surface area (Å²) < 4.78 is 6.23. The first-order valence-corrected chi connectivity index (χ1v) is 14.9. The van der Waals surface area contributed by atoms with Gasteiger partial charge in [0.1, 0.15) is 16.9 Å². The number of thioether (sulfide) groups is 1. The predicted octanol–water partition coefficient (Wildman–Crippen LogP) is 5.08. The molecular formula is C28H39N3O5S2. The van der Waals surface area contributed by atoms with E-state index in [1.807, 2.05) is 39.0 Å². The first-order chi connectivity index (χ1) is 18.0. The van der Waals surface area contributed by atoms with E-state index >= 15 is 0 Å². The Morgan fingerprint density at radius 2 is 1.92 bits per heavy atom. The van der Waals surface area contributed by atoms with Crippen LogP contribution in [-0.4, -0.2) is 69.5 Å². The summed E-state index contributed by atoms with van der Waals surface area (Å²) in [5.74, 6) is 1.93. The van der Waals surface area contributed by atoms with Crippen molar-refractivity contribution >= 4 is 39.4 Å². The Morgan fingerprint density at radius 3 is 2.63 bits per heavy atom. The highest BCUT2D eigenvalue weighted by molar-refractivity contribution is 7.99. The quantitative estimate of drug-likeness (QED) is 0.215. The van der Waals surface area contributed by atoms with Crippen molar-refractivity contribution in [3.8, 4) is 5.75 Å². The standard InChI is InChI=1S/C28H39N3O5S2/c1-19(20-9-6-5-7-10-20)18-31(27(35)36-28(2,3)4)14-16-37-15-8-13-29-17-23(33)21-11-12-22(32)24-25(21)38-26(34)30-24/h5-7,9-12,19,23,29,32-33H,8,13-18H2,1-4H3,(H,30,34)/t19-,23-/m0/s1. The van der Waals surface area contributed by atoms with E-state index in [-0.39, 0.29) is 22.6 Å². The molecule has 10 heteroatoms. The lowest BCUT2D eigenvalue weighted by molar-refractivity contribution is 0.0253. The van der Waals surface area contributed by atoms with E-state index in [0.717, 1.165) is 35.8 Å². The average molecular weight is 562 g/mol. The number of thiazole rings is 1. The molecule has 4 N–H and O–H groups in total. The molecule has 8 nitrogen and oxygen atoms in total. The second-order valence-corrected chi connectivity index (χ2v) is 12.5. The van der Waals surface area contributed by atoms with Crippen LogP contribution in [0.25, 0.3) is 10.2 Å². The minimum absolute atomic E-state index is 0.000888. The number of ether oxygens (including phenoxy) is 1. The van der Waals surface area contributed by atoms with Gasteiger partial charge in [-0.15, -0.1) is 0 Å². The maximum absolute atomic E-state index is 12.8. The molecular weight excluding hydrogens is 522 g/mol. The molecule has 0 aliphatic heterocycles. The molecule has 3 rings (SSSR count). The van der Waals surface area contributed by atoms with Crippen LogP contribution in [0.5, 0.6) is 5.75 Å². The Labute approximate surface area is 232 Å². The SMILES string of the molecule is C[C@@H](CN(CCSCCCNC[C@H](O)c1ccc(O)c2[nH]c(=O)sc12)C(=O)OC(C)(C)C)c1ccccc1. The molecule has 0 bridgehead atoms. The predicted molar refractivity (Wildman–Crippen MR) is 157 cm³/mol. The number of hydrogen-bond donors (Lipinski definition) is 4. The zero-order valence-electron chi connectivity index (χ0n) is 22.5. The number of phenolic OH excluding ortho intramolecular Hbond substituents is 1. The van der Waals surface area contributed by atoms with Gasteiger partial charge in [0.05, 0.1) is 10.8 Å². The Hall–Kier alpha value is -2.53. The Kier molecular flexibility index (Phi) is 11.1. The fraction of sp³-hybridized carbons (Fsp3) is 0.500. The highest BCUT2D eigenvalue weighted by Gasteiger charge is 2.24. The molecule has 0 spiro atoms. The summed E-state index contributed by atoms with van der Waals surface area (Å²) >= 11 is 2.77. The van der Waals surface area contributed by atoms with E-state index < -0.39 is 11.7 Å². The van der Waals surface area contributed by atoms with Crippen LogP contribution >= 0.6 is 23.1 Å². The summed E-state index contributed by atoms with van der Waals surface area (Å²) in [5.41, 5.74) is 1.64. The van der Waals surface area contributed by atoms with Gasteiger partial charge in [0.15, 0.2) is 0 Å².